The van der Waals surface area contributed by atoms with Gasteiger partial charge in [0, 0.05) is 37.8 Å². The average molecular weight is 416 g/mol. The molecule has 0 saturated carbocycles. The largest absolute Gasteiger partial charge is 0.486 e. The molecule has 2 aliphatic heterocycles. The molecule has 8 nitrogen and oxygen atoms in total. The molecule has 0 bridgehead atoms. The van der Waals surface area contributed by atoms with Gasteiger partial charge in [0.05, 0.1) is 24.7 Å². The van der Waals surface area contributed by atoms with E-state index in [9.17, 15) is 14.7 Å². The predicted octanol–water partition coefficient (Wildman–Crippen LogP) is 0.337. The number of nitrogens with one attached hydrogen (secondary N) is 1. The van der Waals surface area contributed by atoms with Gasteiger partial charge in [0.15, 0.2) is 0 Å². The molecular weight excluding hydrogens is 388 g/mol. The molecule has 3 aliphatic rings. The van der Waals surface area contributed by atoms with Crippen LogP contribution in [0.5, 0.6) is 5.75 Å². The quantitative estimate of drug-likeness (QED) is 0.617. The summed E-state index contributed by atoms with van der Waals surface area (Å²) in [5.41, 5.74) is 1.27. The fraction of sp³-hybridized carbons (Fsp3) is 0.545. The van der Waals surface area contributed by atoms with Crippen LogP contribution in [0.4, 0.5) is 0 Å². The van der Waals surface area contributed by atoms with Crippen molar-refractivity contribution in [3.63, 3.8) is 0 Å². The fourth-order valence-electron chi connectivity index (χ4n) is 4.66. The van der Waals surface area contributed by atoms with Crippen LogP contribution in [-0.4, -0.2) is 77.6 Å². The van der Waals surface area contributed by atoms with Gasteiger partial charge in [0.2, 0.25) is 11.8 Å². The van der Waals surface area contributed by atoms with Crippen molar-refractivity contribution in [1.82, 2.24) is 10.2 Å². The molecule has 0 spiro atoms. The predicted molar refractivity (Wildman–Crippen MR) is 108 cm³/mol. The van der Waals surface area contributed by atoms with E-state index in [0.29, 0.717) is 24.5 Å². The zero-order valence-corrected chi connectivity index (χ0v) is 17.0. The van der Waals surface area contributed by atoms with Gasteiger partial charge in [-0.05, 0) is 25.0 Å². The molecule has 162 valence electrons. The van der Waals surface area contributed by atoms with Gasteiger partial charge >= 0.3 is 0 Å². The molecular formula is C22H28N2O6. The molecule has 30 heavy (non-hydrogen) atoms. The first-order valence-corrected chi connectivity index (χ1v) is 10.4. The molecule has 0 unspecified atom stereocenters. The van der Waals surface area contributed by atoms with Crippen molar-refractivity contribution >= 4 is 11.8 Å². The van der Waals surface area contributed by atoms with Gasteiger partial charge in [-0.15, -0.1) is 0 Å². The Morgan fingerprint density at radius 3 is 2.80 bits per heavy atom. The Hall–Kier alpha value is -2.42. The molecule has 8 heteroatoms. The number of fused-ring (bicyclic) bond motifs is 3. The van der Waals surface area contributed by atoms with E-state index in [2.05, 4.69) is 5.32 Å². The van der Waals surface area contributed by atoms with E-state index in [0.717, 1.165) is 18.4 Å². The standard InChI is InChI=1S/C22H28N2O6/c1-13(26)24(12-14-5-4-10-29-14)17-11-16(22(28)23-8-9-25)19-15-6-2-3-7-18(15)30-21(19)20(17)27/h2-3,6-7,11,14,17,19-21,25,27H,4-5,8-10,12H2,1H3,(H,23,28)/t14-,17-,19+,20+,21+/m1/s1. The number of nitrogens with zero attached hydrogens (tertiary/aromatic N) is 1. The van der Waals surface area contributed by atoms with Gasteiger partial charge in [-0.3, -0.25) is 9.59 Å². The summed E-state index contributed by atoms with van der Waals surface area (Å²) in [6.07, 6.45) is 1.72. The number of amides is 2. The molecule has 0 radical (unpaired) electrons. The van der Waals surface area contributed by atoms with E-state index in [-0.39, 0.29) is 31.1 Å². The van der Waals surface area contributed by atoms with Gasteiger partial charge in [-0.1, -0.05) is 18.2 Å². The van der Waals surface area contributed by atoms with Crippen LogP contribution in [-0.2, 0) is 14.3 Å². The molecule has 0 aromatic heterocycles. The number of para-hydroxylation sites is 1. The lowest BCUT2D eigenvalue weighted by Gasteiger charge is -2.41. The maximum absolute atomic E-state index is 12.9. The van der Waals surface area contributed by atoms with Crippen LogP contribution >= 0.6 is 0 Å². The number of hydrogen-bond acceptors (Lipinski definition) is 6. The summed E-state index contributed by atoms with van der Waals surface area (Å²) in [4.78, 5) is 27.0. The third-order valence-corrected chi connectivity index (χ3v) is 6.07. The monoisotopic (exact) mass is 416 g/mol. The number of benzene rings is 1. The molecule has 1 aromatic rings. The van der Waals surface area contributed by atoms with Crippen molar-refractivity contribution in [2.75, 3.05) is 26.3 Å². The zero-order chi connectivity index (χ0) is 21.3. The molecule has 1 aromatic carbocycles. The second-order valence-electron chi connectivity index (χ2n) is 7.99. The topological polar surface area (TPSA) is 108 Å². The third kappa shape index (κ3) is 3.82. The minimum atomic E-state index is -0.998. The summed E-state index contributed by atoms with van der Waals surface area (Å²) in [6.45, 7) is 2.42. The maximum atomic E-state index is 12.9. The Balaban J connectivity index is 1.70. The van der Waals surface area contributed by atoms with Gasteiger partial charge in [0.1, 0.15) is 18.0 Å². The number of carbonyl (C=O) groups is 2. The number of aliphatic hydroxyl groups excluding tert-OH is 2. The third-order valence-electron chi connectivity index (χ3n) is 6.07. The second kappa shape index (κ2) is 8.75. The first kappa shape index (κ1) is 20.8. The molecule has 1 saturated heterocycles. The SMILES string of the molecule is CC(=O)N(C[C@H]1CCCO1)[C@@H]1C=C(C(=O)NCCO)[C@@H]2c3ccccc3O[C@@H]2[C@H]1O. The molecule has 2 amide bonds. The Labute approximate surface area is 175 Å². The summed E-state index contributed by atoms with van der Waals surface area (Å²) >= 11 is 0. The smallest absolute Gasteiger partial charge is 0.247 e. The van der Waals surface area contributed by atoms with E-state index < -0.39 is 24.2 Å². The number of carbonyl (C=O) groups excluding carboxylic acids is 2. The Morgan fingerprint density at radius 1 is 1.30 bits per heavy atom. The van der Waals surface area contributed by atoms with Crippen molar-refractivity contribution in [3.8, 4) is 5.75 Å². The lowest BCUT2D eigenvalue weighted by atomic mass is 9.77. The maximum Gasteiger partial charge on any atom is 0.247 e. The van der Waals surface area contributed by atoms with Crippen molar-refractivity contribution in [3.05, 3.63) is 41.5 Å². The summed E-state index contributed by atoms with van der Waals surface area (Å²) in [5.74, 6) is -0.351. The van der Waals surface area contributed by atoms with Crippen LogP contribution in [0.15, 0.2) is 35.9 Å². The highest BCUT2D eigenvalue weighted by molar-refractivity contribution is 5.96. The molecule has 2 heterocycles. The van der Waals surface area contributed by atoms with Crippen molar-refractivity contribution in [2.45, 2.75) is 50.0 Å². The van der Waals surface area contributed by atoms with Crippen LogP contribution in [0, 0.1) is 0 Å². The number of rotatable bonds is 6. The summed E-state index contributed by atoms with van der Waals surface area (Å²) < 4.78 is 11.7. The van der Waals surface area contributed by atoms with E-state index in [1.54, 1.807) is 11.0 Å². The fourth-order valence-corrected chi connectivity index (χ4v) is 4.66. The Morgan fingerprint density at radius 2 is 2.10 bits per heavy atom. The summed E-state index contributed by atoms with van der Waals surface area (Å²) in [7, 11) is 0. The zero-order valence-electron chi connectivity index (χ0n) is 17.0. The van der Waals surface area contributed by atoms with Gasteiger partial charge in [-0.25, -0.2) is 0 Å². The van der Waals surface area contributed by atoms with Crippen LogP contribution in [0.1, 0.15) is 31.2 Å². The highest BCUT2D eigenvalue weighted by Gasteiger charge is 2.50. The van der Waals surface area contributed by atoms with Crippen LogP contribution in [0.25, 0.3) is 0 Å². The Bertz CT molecular complexity index is 835. The van der Waals surface area contributed by atoms with Gasteiger partial charge in [-0.2, -0.15) is 0 Å². The van der Waals surface area contributed by atoms with Crippen molar-refractivity contribution < 1.29 is 29.3 Å². The van der Waals surface area contributed by atoms with E-state index >= 15 is 0 Å². The molecule has 1 fully saturated rings. The first-order chi connectivity index (χ1) is 14.5. The van der Waals surface area contributed by atoms with Crippen molar-refractivity contribution in [1.29, 1.82) is 0 Å². The second-order valence-corrected chi connectivity index (χ2v) is 7.99. The van der Waals surface area contributed by atoms with Crippen molar-refractivity contribution in [2.24, 2.45) is 0 Å². The average Bonchev–Trinajstić information content (AvgIpc) is 3.39. The highest BCUT2D eigenvalue weighted by atomic mass is 16.5. The lowest BCUT2D eigenvalue weighted by Crippen LogP contribution is -2.56. The van der Waals surface area contributed by atoms with E-state index in [1.807, 2.05) is 24.3 Å². The van der Waals surface area contributed by atoms with Gasteiger partial charge < -0.3 is 29.9 Å². The number of ether oxygens (including phenoxy) is 2. The molecule has 5 atom stereocenters. The summed E-state index contributed by atoms with van der Waals surface area (Å²) in [5, 5.41) is 23.0. The van der Waals surface area contributed by atoms with Crippen LogP contribution in [0.2, 0.25) is 0 Å². The molecule has 3 N–H and O–H groups in total. The number of aliphatic hydroxyl groups is 2. The molecule has 4 rings (SSSR count). The Kier molecular flexibility index (Phi) is 6.08. The van der Waals surface area contributed by atoms with E-state index in [1.165, 1.54) is 6.92 Å². The van der Waals surface area contributed by atoms with E-state index in [4.69, 9.17) is 14.6 Å². The van der Waals surface area contributed by atoms with Crippen LogP contribution in [0.3, 0.4) is 0 Å². The first-order valence-electron chi connectivity index (χ1n) is 10.4. The minimum absolute atomic E-state index is 0.0828. The number of hydrogen-bond donors (Lipinski definition) is 3. The summed E-state index contributed by atoms with van der Waals surface area (Å²) in [6, 6.07) is 6.69. The normalized spacial score (nSPS) is 29.4. The minimum Gasteiger partial charge on any atom is -0.486 e. The van der Waals surface area contributed by atoms with Crippen LogP contribution < -0.4 is 10.1 Å². The highest BCUT2D eigenvalue weighted by Crippen LogP contribution is 2.47. The molecule has 1 aliphatic carbocycles. The van der Waals surface area contributed by atoms with Gasteiger partial charge in [0.25, 0.3) is 0 Å². The lowest BCUT2D eigenvalue weighted by molar-refractivity contribution is -0.136.